The van der Waals surface area contributed by atoms with E-state index < -0.39 is 0 Å². The molecule has 102 valence electrons. The number of benzene rings is 2. The highest BCUT2D eigenvalue weighted by molar-refractivity contribution is 6.33. The topological polar surface area (TPSA) is 38.9 Å². The quantitative estimate of drug-likeness (QED) is 0.659. The molecule has 0 N–H and O–H groups in total. The van der Waals surface area contributed by atoms with Gasteiger partial charge in [-0.3, -0.25) is 0 Å². The number of aromatic nitrogens is 2. The molecule has 20 heavy (non-hydrogen) atoms. The second-order valence-electron chi connectivity index (χ2n) is 3.76. The molecule has 0 aliphatic rings. The van der Waals surface area contributed by atoms with Gasteiger partial charge >= 0.3 is 0 Å². The maximum atomic E-state index is 6.09. The van der Waals surface area contributed by atoms with E-state index in [2.05, 4.69) is 10.2 Å². The molecule has 0 fully saturated rings. The van der Waals surface area contributed by atoms with Gasteiger partial charge in [0.05, 0.1) is 10.6 Å². The molecule has 0 spiro atoms. The molecule has 1 aromatic heterocycles. The highest BCUT2D eigenvalue weighted by Gasteiger charge is 2.12. The lowest BCUT2D eigenvalue weighted by atomic mass is 10.2. The highest BCUT2D eigenvalue weighted by Crippen LogP contribution is 2.28. The number of hydrogen-bond donors (Lipinski definition) is 0. The van der Waals surface area contributed by atoms with Crippen molar-refractivity contribution in [2.24, 2.45) is 0 Å². The SMILES string of the molecule is CC.Clc1ccccc1-c1nnc(-c2ccccc2)o1. The summed E-state index contributed by atoms with van der Waals surface area (Å²) >= 11 is 6.09. The van der Waals surface area contributed by atoms with Crippen LogP contribution in [0.25, 0.3) is 22.9 Å². The van der Waals surface area contributed by atoms with Crippen molar-refractivity contribution < 1.29 is 4.42 Å². The fourth-order valence-corrected chi connectivity index (χ4v) is 1.88. The maximum Gasteiger partial charge on any atom is 0.249 e. The number of hydrogen-bond acceptors (Lipinski definition) is 3. The van der Waals surface area contributed by atoms with Crippen molar-refractivity contribution in [3.05, 3.63) is 59.6 Å². The summed E-state index contributed by atoms with van der Waals surface area (Å²) in [5.74, 6) is 0.921. The van der Waals surface area contributed by atoms with E-state index in [0.29, 0.717) is 16.8 Å². The second-order valence-corrected chi connectivity index (χ2v) is 4.17. The smallest absolute Gasteiger partial charge is 0.249 e. The summed E-state index contributed by atoms with van der Waals surface area (Å²) in [5, 5.41) is 8.65. The van der Waals surface area contributed by atoms with Crippen LogP contribution in [0.2, 0.25) is 5.02 Å². The number of halogens is 1. The molecular weight excluding hydrogens is 272 g/mol. The summed E-state index contributed by atoms with van der Waals surface area (Å²) in [6.45, 7) is 4.00. The monoisotopic (exact) mass is 286 g/mol. The third kappa shape index (κ3) is 3.06. The molecule has 0 saturated carbocycles. The van der Waals surface area contributed by atoms with Gasteiger partial charge in [0, 0.05) is 5.56 Å². The van der Waals surface area contributed by atoms with E-state index in [-0.39, 0.29) is 0 Å². The van der Waals surface area contributed by atoms with Crippen LogP contribution in [0.1, 0.15) is 13.8 Å². The molecule has 4 heteroatoms. The molecule has 0 unspecified atom stereocenters. The minimum atomic E-state index is 0.430. The van der Waals surface area contributed by atoms with Crippen LogP contribution in [0.4, 0.5) is 0 Å². The van der Waals surface area contributed by atoms with Crippen molar-refractivity contribution in [3.63, 3.8) is 0 Å². The minimum absolute atomic E-state index is 0.430. The molecule has 1 heterocycles. The Morgan fingerprint density at radius 2 is 1.40 bits per heavy atom. The van der Waals surface area contributed by atoms with Gasteiger partial charge in [-0.1, -0.05) is 55.8 Å². The van der Waals surface area contributed by atoms with Crippen LogP contribution in [0.5, 0.6) is 0 Å². The summed E-state index contributed by atoms with van der Waals surface area (Å²) in [7, 11) is 0. The van der Waals surface area contributed by atoms with Gasteiger partial charge in [0.2, 0.25) is 11.8 Å². The Hall–Kier alpha value is -2.13. The van der Waals surface area contributed by atoms with Crippen molar-refractivity contribution in [1.82, 2.24) is 10.2 Å². The van der Waals surface area contributed by atoms with Gasteiger partial charge in [0.1, 0.15) is 0 Å². The molecule has 0 amide bonds. The van der Waals surface area contributed by atoms with Crippen LogP contribution in [-0.2, 0) is 0 Å². The van der Waals surface area contributed by atoms with E-state index in [1.54, 1.807) is 6.07 Å². The predicted octanol–water partition coefficient (Wildman–Crippen LogP) is 5.08. The molecular formula is C16H15ClN2O. The minimum Gasteiger partial charge on any atom is -0.416 e. The summed E-state index contributed by atoms with van der Waals surface area (Å²) in [5.41, 5.74) is 1.64. The van der Waals surface area contributed by atoms with Gasteiger partial charge in [-0.05, 0) is 24.3 Å². The summed E-state index contributed by atoms with van der Waals surface area (Å²) in [6.07, 6.45) is 0. The van der Waals surface area contributed by atoms with Crippen LogP contribution in [0.3, 0.4) is 0 Å². The van der Waals surface area contributed by atoms with Crippen molar-refractivity contribution in [1.29, 1.82) is 0 Å². The molecule has 0 aliphatic heterocycles. The summed E-state index contributed by atoms with van der Waals surface area (Å²) in [4.78, 5) is 0. The average molecular weight is 287 g/mol. The Balaban J connectivity index is 0.000000704. The lowest BCUT2D eigenvalue weighted by Crippen LogP contribution is -1.78. The second kappa shape index (κ2) is 6.87. The molecule has 0 radical (unpaired) electrons. The van der Waals surface area contributed by atoms with Crippen LogP contribution in [0.15, 0.2) is 59.0 Å². The predicted molar refractivity (Wildman–Crippen MR) is 81.5 cm³/mol. The van der Waals surface area contributed by atoms with Gasteiger partial charge in [-0.25, -0.2) is 0 Å². The lowest BCUT2D eigenvalue weighted by molar-refractivity contribution is 0.584. The summed E-state index contributed by atoms with van der Waals surface area (Å²) < 4.78 is 5.63. The van der Waals surface area contributed by atoms with Gasteiger partial charge in [-0.15, -0.1) is 10.2 Å². The van der Waals surface area contributed by atoms with Crippen molar-refractivity contribution in [2.45, 2.75) is 13.8 Å². The van der Waals surface area contributed by atoms with Crippen LogP contribution in [0, 0.1) is 0 Å². The fourth-order valence-electron chi connectivity index (χ4n) is 1.66. The van der Waals surface area contributed by atoms with E-state index >= 15 is 0 Å². The first-order valence-electron chi connectivity index (χ1n) is 6.48. The number of nitrogens with zero attached hydrogens (tertiary/aromatic N) is 2. The normalized spacial score (nSPS) is 9.75. The van der Waals surface area contributed by atoms with Gasteiger partial charge in [0.15, 0.2) is 0 Å². The largest absolute Gasteiger partial charge is 0.416 e. The zero-order valence-corrected chi connectivity index (χ0v) is 12.1. The van der Waals surface area contributed by atoms with E-state index in [1.807, 2.05) is 62.4 Å². The molecule has 0 bridgehead atoms. The standard InChI is InChI=1S/C14H9ClN2O.C2H6/c15-12-9-5-4-8-11(12)14-17-16-13(18-14)10-6-2-1-3-7-10;1-2/h1-9H;1-2H3. The Labute approximate surface area is 123 Å². The van der Waals surface area contributed by atoms with Crippen molar-refractivity contribution in [2.75, 3.05) is 0 Å². The van der Waals surface area contributed by atoms with Crippen molar-refractivity contribution in [3.8, 4) is 22.9 Å². The summed E-state index contributed by atoms with van der Waals surface area (Å²) in [6, 6.07) is 17.0. The van der Waals surface area contributed by atoms with E-state index in [4.69, 9.17) is 16.0 Å². The van der Waals surface area contributed by atoms with E-state index in [1.165, 1.54) is 0 Å². The Morgan fingerprint density at radius 1 is 0.800 bits per heavy atom. The third-order valence-electron chi connectivity index (χ3n) is 2.55. The Bertz CT molecular complexity index is 665. The molecule has 3 aromatic rings. The van der Waals surface area contributed by atoms with Gasteiger partial charge < -0.3 is 4.42 Å². The van der Waals surface area contributed by atoms with Gasteiger partial charge in [-0.2, -0.15) is 0 Å². The zero-order valence-electron chi connectivity index (χ0n) is 11.4. The third-order valence-corrected chi connectivity index (χ3v) is 2.88. The average Bonchev–Trinajstić information content (AvgIpc) is 3.00. The Morgan fingerprint density at radius 3 is 2.10 bits per heavy atom. The first-order chi connectivity index (χ1) is 9.84. The molecule has 0 aliphatic carbocycles. The van der Waals surface area contributed by atoms with Crippen LogP contribution >= 0.6 is 11.6 Å². The molecule has 3 nitrogen and oxygen atoms in total. The maximum absolute atomic E-state index is 6.09. The van der Waals surface area contributed by atoms with E-state index in [0.717, 1.165) is 11.1 Å². The van der Waals surface area contributed by atoms with Crippen LogP contribution < -0.4 is 0 Å². The number of rotatable bonds is 2. The first kappa shape index (κ1) is 14.3. The fraction of sp³-hybridized carbons (Fsp3) is 0.125. The van der Waals surface area contributed by atoms with Gasteiger partial charge in [0.25, 0.3) is 0 Å². The molecule has 0 atom stereocenters. The first-order valence-corrected chi connectivity index (χ1v) is 6.86. The zero-order chi connectivity index (χ0) is 14.4. The van der Waals surface area contributed by atoms with Crippen LogP contribution in [-0.4, -0.2) is 10.2 Å². The highest BCUT2D eigenvalue weighted by atomic mass is 35.5. The Kier molecular flexibility index (Phi) is 4.91. The molecule has 3 rings (SSSR count). The van der Waals surface area contributed by atoms with Crippen molar-refractivity contribution >= 4 is 11.6 Å². The lowest BCUT2D eigenvalue weighted by Gasteiger charge is -1.97. The molecule has 2 aromatic carbocycles. The van der Waals surface area contributed by atoms with E-state index in [9.17, 15) is 0 Å². The molecule has 0 saturated heterocycles.